The van der Waals surface area contributed by atoms with Gasteiger partial charge in [-0.25, -0.2) is 0 Å². The van der Waals surface area contributed by atoms with E-state index in [9.17, 15) is 0 Å². The third-order valence-electron chi connectivity index (χ3n) is 2.41. The van der Waals surface area contributed by atoms with Gasteiger partial charge < -0.3 is 13.9 Å². The van der Waals surface area contributed by atoms with Crippen molar-refractivity contribution in [3.05, 3.63) is 36.1 Å². The highest BCUT2D eigenvalue weighted by Crippen LogP contribution is 2.35. The first kappa shape index (κ1) is 11.1. The summed E-state index contributed by atoms with van der Waals surface area (Å²) in [6.45, 7) is 0. The number of hydrogen-bond acceptors (Lipinski definition) is 4. The second kappa shape index (κ2) is 4.62. The van der Waals surface area contributed by atoms with Gasteiger partial charge in [-0.3, -0.25) is 0 Å². The van der Waals surface area contributed by atoms with E-state index in [4.69, 9.17) is 19.2 Å². The highest BCUT2D eigenvalue weighted by molar-refractivity contribution is 5.67. The van der Waals surface area contributed by atoms with Crippen LogP contribution in [0.25, 0.3) is 11.3 Å². The maximum absolute atomic E-state index is 9.08. The zero-order valence-electron chi connectivity index (χ0n) is 9.56. The minimum absolute atomic E-state index is 0.415. The van der Waals surface area contributed by atoms with E-state index in [1.807, 2.05) is 6.07 Å². The van der Waals surface area contributed by atoms with E-state index in [2.05, 4.69) is 6.07 Å². The Kier molecular flexibility index (Phi) is 3.01. The number of furan rings is 1. The van der Waals surface area contributed by atoms with Crippen molar-refractivity contribution in [2.45, 2.75) is 0 Å². The molecule has 2 aromatic rings. The first-order valence-corrected chi connectivity index (χ1v) is 5.00. The van der Waals surface area contributed by atoms with Crippen LogP contribution in [0.2, 0.25) is 0 Å². The maximum atomic E-state index is 9.08. The molecule has 0 unspecified atom stereocenters. The van der Waals surface area contributed by atoms with Crippen LogP contribution in [-0.2, 0) is 0 Å². The zero-order chi connectivity index (χ0) is 12.3. The Labute approximate surface area is 99.0 Å². The van der Waals surface area contributed by atoms with Crippen LogP contribution in [0.1, 0.15) is 5.56 Å². The molecular formula is C13H11NO3. The van der Waals surface area contributed by atoms with E-state index in [0.717, 1.165) is 5.56 Å². The van der Waals surface area contributed by atoms with E-state index in [-0.39, 0.29) is 0 Å². The fourth-order valence-electron chi connectivity index (χ4n) is 1.63. The van der Waals surface area contributed by atoms with Gasteiger partial charge in [0, 0.05) is 5.56 Å². The van der Waals surface area contributed by atoms with Crippen molar-refractivity contribution in [1.82, 2.24) is 0 Å². The molecule has 0 spiro atoms. The van der Waals surface area contributed by atoms with E-state index >= 15 is 0 Å². The van der Waals surface area contributed by atoms with Gasteiger partial charge in [0.15, 0.2) is 11.5 Å². The van der Waals surface area contributed by atoms with Gasteiger partial charge in [-0.2, -0.15) is 5.26 Å². The van der Waals surface area contributed by atoms with Crippen LogP contribution in [0.4, 0.5) is 0 Å². The standard InChI is InChI=1S/C13H11NO3/c1-15-12-7-9(11-4-3-5-17-11)6-10(8-14)13(12)16-2/h3-7H,1-2H3. The van der Waals surface area contributed by atoms with Gasteiger partial charge in [0.1, 0.15) is 11.8 Å². The fraction of sp³-hybridized carbons (Fsp3) is 0.154. The summed E-state index contributed by atoms with van der Waals surface area (Å²) in [6.07, 6.45) is 1.58. The summed E-state index contributed by atoms with van der Waals surface area (Å²) in [5.41, 5.74) is 1.20. The molecule has 0 bridgehead atoms. The van der Waals surface area contributed by atoms with Gasteiger partial charge in [0.2, 0.25) is 0 Å². The third-order valence-corrected chi connectivity index (χ3v) is 2.41. The van der Waals surface area contributed by atoms with Crippen molar-refractivity contribution in [3.8, 4) is 28.9 Å². The summed E-state index contributed by atoms with van der Waals surface area (Å²) in [5, 5.41) is 9.08. The SMILES string of the molecule is COc1cc(-c2ccco2)cc(C#N)c1OC. The van der Waals surface area contributed by atoms with Gasteiger partial charge in [-0.05, 0) is 24.3 Å². The molecule has 0 saturated carbocycles. The average molecular weight is 229 g/mol. The Morgan fingerprint density at radius 1 is 1.24 bits per heavy atom. The predicted molar refractivity (Wildman–Crippen MR) is 62.0 cm³/mol. The summed E-state index contributed by atoms with van der Waals surface area (Å²) in [7, 11) is 3.04. The Bertz CT molecular complexity index is 553. The lowest BCUT2D eigenvalue weighted by molar-refractivity contribution is 0.354. The van der Waals surface area contributed by atoms with Crippen LogP contribution in [-0.4, -0.2) is 14.2 Å². The average Bonchev–Trinajstić information content (AvgIpc) is 2.90. The smallest absolute Gasteiger partial charge is 0.178 e. The van der Waals surface area contributed by atoms with Crippen LogP contribution in [0.5, 0.6) is 11.5 Å². The van der Waals surface area contributed by atoms with Gasteiger partial charge in [0.25, 0.3) is 0 Å². The largest absolute Gasteiger partial charge is 0.493 e. The second-order valence-electron chi connectivity index (χ2n) is 3.35. The number of methoxy groups -OCH3 is 2. The van der Waals surface area contributed by atoms with Crippen molar-refractivity contribution in [2.24, 2.45) is 0 Å². The van der Waals surface area contributed by atoms with Gasteiger partial charge in [-0.1, -0.05) is 0 Å². The Balaban J connectivity index is 2.62. The molecule has 0 N–H and O–H groups in total. The number of nitrogens with zero attached hydrogens (tertiary/aromatic N) is 1. The van der Waals surface area contributed by atoms with E-state index in [1.54, 1.807) is 24.5 Å². The predicted octanol–water partition coefficient (Wildman–Crippen LogP) is 2.84. The number of nitriles is 1. The lowest BCUT2D eigenvalue weighted by Crippen LogP contribution is -1.94. The topological polar surface area (TPSA) is 55.4 Å². The second-order valence-corrected chi connectivity index (χ2v) is 3.35. The van der Waals surface area contributed by atoms with E-state index in [1.165, 1.54) is 14.2 Å². The van der Waals surface area contributed by atoms with Gasteiger partial charge in [0.05, 0.1) is 26.0 Å². The molecule has 4 heteroatoms. The molecule has 4 nitrogen and oxygen atoms in total. The monoisotopic (exact) mass is 229 g/mol. The molecule has 0 aliphatic carbocycles. The van der Waals surface area contributed by atoms with Gasteiger partial charge in [-0.15, -0.1) is 0 Å². The highest BCUT2D eigenvalue weighted by Gasteiger charge is 2.14. The molecule has 0 saturated heterocycles. The summed E-state index contributed by atoms with van der Waals surface area (Å²) in [5.74, 6) is 1.63. The summed E-state index contributed by atoms with van der Waals surface area (Å²) < 4.78 is 15.6. The van der Waals surface area contributed by atoms with Crippen molar-refractivity contribution < 1.29 is 13.9 Å². The van der Waals surface area contributed by atoms with Crippen LogP contribution >= 0.6 is 0 Å². The normalized spacial score (nSPS) is 9.71. The summed E-state index contributed by atoms with van der Waals surface area (Å²) >= 11 is 0. The fourth-order valence-corrected chi connectivity index (χ4v) is 1.63. The molecule has 0 amide bonds. The highest BCUT2D eigenvalue weighted by atomic mass is 16.5. The third kappa shape index (κ3) is 1.95. The van der Waals surface area contributed by atoms with E-state index in [0.29, 0.717) is 22.8 Å². The molecule has 0 fully saturated rings. The molecule has 0 aliphatic heterocycles. The van der Waals surface area contributed by atoms with Crippen LogP contribution in [0.15, 0.2) is 34.9 Å². The van der Waals surface area contributed by atoms with Crippen molar-refractivity contribution in [2.75, 3.05) is 14.2 Å². The van der Waals surface area contributed by atoms with Crippen LogP contribution < -0.4 is 9.47 Å². The molecule has 1 aromatic carbocycles. The first-order chi connectivity index (χ1) is 8.30. The van der Waals surface area contributed by atoms with Crippen LogP contribution in [0.3, 0.4) is 0 Å². The Hall–Kier alpha value is -2.41. The molecule has 1 aromatic heterocycles. The molecule has 2 rings (SSSR count). The molecular weight excluding hydrogens is 218 g/mol. The molecule has 1 heterocycles. The van der Waals surface area contributed by atoms with Gasteiger partial charge >= 0.3 is 0 Å². The Morgan fingerprint density at radius 3 is 2.59 bits per heavy atom. The Morgan fingerprint density at radius 2 is 2.06 bits per heavy atom. The minimum Gasteiger partial charge on any atom is -0.493 e. The maximum Gasteiger partial charge on any atom is 0.178 e. The molecule has 17 heavy (non-hydrogen) atoms. The molecule has 0 atom stereocenters. The molecule has 86 valence electrons. The minimum atomic E-state index is 0.415. The molecule has 0 radical (unpaired) electrons. The van der Waals surface area contributed by atoms with Crippen molar-refractivity contribution in [3.63, 3.8) is 0 Å². The van der Waals surface area contributed by atoms with E-state index < -0.39 is 0 Å². The quantitative estimate of drug-likeness (QED) is 0.812. The number of ether oxygens (including phenoxy) is 2. The number of hydrogen-bond donors (Lipinski definition) is 0. The first-order valence-electron chi connectivity index (χ1n) is 5.00. The zero-order valence-corrected chi connectivity index (χ0v) is 9.56. The van der Waals surface area contributed by atoms with Crippen molar-refractivity contribution >= 4 is 0 Å². The molecule has 0 aliphatic rings. The number of benzene rings is 1. The number of rotatable bonds is 3. The van der Waals surface area contributed by atoms with Crippen molar-refractivity contribution in [1.29, 1.82) is 5.26 Å². The lowest BCUT2D eigenvalue weighted by atomic mass is 10.1. The van der Waals surface area contributed by atoms with Crippen LogP contribution in [0, 0.1) is 11.3 Å². The summed E-state index contributed by atoms with van der Waals surface area (Å²) in [4.78, 5) is 0. The summed E-state index contributed by atoms with van der Waals surface area (Å²) in [6, 6.07) is 9.17. The lowest BCUT2D eigenvalue weighted by Gasteiger charge is -2.10.